The number of anilines is 1. The molecular weight excluding hydrogens is 380 g/mol. The second kappa shape index (κ2) is 6.08. The van der Waals surface area contributed by atoms with E-state index in [2.05, 4.69) is 17.5 Å². The van der Waals surface area contributed by atoms with Crippen molar-refractivity contribution in [3.63, 3.8) is 0 Å². The Labute approximate surface area is 167 Å². The average Bonchev–Trinajstić information content (AvgIpc) is 3.45. The van der Waals surface area contributed by atoms with Gasteiger partial charge in [-0.3, -0.25) is 19.3 Å². The van der Waals surface area contributed by atoms with E-state index in [1.54, 1.807) is 25.1 Å². The number of nitrogens with one attached hydrogen (secondary N) is 1. The van der Waals surface area contributed by atoms with Gasteiger partial charge in [0.15, 0.2) is 0 Å². The van der Waals surface area contributed by atoms with E-state index in [-0.39, 0.29) is 35.5 Å². The molecule has 2 bridgehead atoms. The fourth-order valence-electron chi connectivity index (χ4n) is 5.49. The number of hydrogen-bond acceptors (Lipinski definition) is 4. The summed E-state index contributed by atoms with van der Waals surface area (Å²) in [6, 6.07) is 3.99. The van der Waals surface area contributed by atoms with E-state index in [9.17, 15) is 14.4 Å². The second-order valence-corrected chi connectivity index (χ2v) is 8.65. The zero-order chi connectivity index (χ0) is 19.7. The summed E-state index contributed by atoms with van der Waals surface area (Å²) < 4.78 is 5.25. The predicted octanol–water partition coefficient (Wildman–Crippen LogP) is 2.73. The fraction of sp³-hybridized carbons (Fsp3) is 0.476. The van der Waals surface area contributed by atoms with Crippen LogP contribution in [0.25, 0.3) is 0 Å². The van der Waals surface area contributed by atoms with Crippen molar-refractivity contribution in [2.45, 2.75) is 19.4 Å². The molecular formula is C21H21ClN2O4. The van der Waals surface area contributed by atoms with Gasteiger partial charge in [-0.15, -0.1) is 0 Å². The number of imide groups is 1. The van der Waals surface area contributed by atoms with Gasteiger partial charge in [0.1, 0.15) is 11.8 Å². The molecule has 1 saturated heterocycles. The van der Waals surface area contributed by atoms with Gasteiger partial charge < -0.3 is 10.1 Å². The summed E-state index contributed by atoms with van der Waals surface area (Å²) in [5.41, 5.74) is 0.409. The molecule has 28 heavy (non-hydrogen) atoms. The molecule has 1 N–H and O–H groups in total. The summed E-state index contributed by atoms with van der Waals surface area (Å²) in [4.78, 5) is 40.3. The Morgan fingerprint density at radius 3 is 2.36 bits per heavy atom. The number of likely N-dealkylation sites (tertiary alicyclic amines) is 1. The number of carbonyl (C=O) groups is 3. The monoisotopic (exact) mass is 400 g/mol. The highest BCUT2D eigenvalue weighted by molar-refractivity contribution is 6.31. The number of carbonyl (C=O) groups excluding carboxylic acids is 3. The van der Waals surface area contributed by atoms with E-state index in [0.717, 1.165) is 6.42 Å². The molecule has 1 heterocycles. The van der Waals surface area contributed by atoms with E-state index in [1.165, 1.54) is 12.0 Å². The highest BCUT2D eigenvalue weighted by Gasteiger charge is 2.67. The number of halogens is 1. The Morgan fingerprint density at radius 2 is 1.79 bits per heavy atom. The third-order valence-corrected chi connectivity index (χ3v) is 7.12. The molecule has 3 amide bonds. The Morgan fingerprint density at radius 1 is 1.18 bits per heavy atom. The van der Waals surface area contributed by atoms with E-state index in [1.807, 2.05) is 0 Å². The molecule has 7 atom stereocenters. The van der Waals surface area contributed by atoms with Crippen molar-refractivity contribution >= 4 is 35.0 Å². The topological polar surface area (TPSA) is 75.7 Å². The van der Waals surface area contributed by atoms with Crippen molar-refractivity contribution in [2.75, 3.05) is 12.4 Å². The van der Waals surface area contributed by atoms with Gasteiger partial charge in [-0.05, 0) is 55.2 Å². The summed E-state index contributed by atoms with van der Waals surface area (Å²) >= 11 is 6.02. The van der Waals surface area contributed by atoms with E-state index >= 15 is 0 Å². The lowest BCUT2D eigenvalue weighted by Crippen LogP contribution is -2.46. The lowest BCUT2D eigenvalue weighted by molar-refractivity contribution is -0.146. The number of rotatable bonds is 4. The van der Waals surface area contributed by atoms with Crippen LogP contribution in [0.4, 0.5) is 5.69 Å². The molecule has 7 heteroatoms. The van der Waals surface area contributed by atoms with Gasteiger partial charge in [0.05, 0.1) is 24.6 Å². The van der Waals surface area contributed by atoms with E-state index in [0.29, 0.717) is 28.3 Å². The third-order valence-electron chi connectivity index (χ3n) is 6.88. The van der Waals surface area contributed by atoms with Gasteiger partial charge in [0, 0.05) is 5.02 Å². The normalized spacial score (nSPS) is 35.5. The van der Waals surface area contributed by atoms with E-state index < -0.39 is 11.9 Å². The molecule has 0 aromatic heterocycles. The molecule has 6 rings (SSSR count). The van der Waals surface area contributed by atoms with Crippen LogP contribution in [0.15, 0.2) is 30.4 Å². The van der Waals surface area contributed by atoms with Gasteiger partial charge in [-0.2, -0.15) is 0 Å². The van der Waals surface area contributed by atoms with Crippen molar-refractivity contribution < 1.29 is 19.1 Å². The molecule has 1 aromatic rings. The molecule has 6 nitrogen and oxygen atoms in total. The Hall–Kier alpha value is -2.34. The highest BCUT2D eigenvalue weighted by Crippen LogP contribution is 2.65. The van der Waals surface area contributed by atoms with Crippen LogP contribution < -0.4 is 10.1 Å². The fourth-order valence-corrected chi connectivity index (χ4v) is 5.67. The van der Waals surface area contributed by atoms with Crippen molar-refractivity contribution in [1.29, 1.82) is 0 Å². The number of hydrogen-bond donors (Lipinski definition) is 1. The number of benzene rings is 1. The largest absolute Gasteiger partial charge is 0.495 e. The minimum Gasteiger partial charge on any atom is -0.495 e. The molecule has 0 radical (unpaired) electrons. The predicted molar refractivity (Wildman–Crippen MR) is 103 cm³/mol. The average molecular weight is 401 g/mol. The zero-order valence-corrected chi connectivity index (χ0v) is 16.3. The summed E-state index contributed by atoms with van der Waals surface area (Å²) in [5.74, 6) is 0.353. The maximum absolute atomic E-state index is 13.1. The Balaban J connectivity index is 1.38. The minimum absolute atomic E-state index is 0.143. The zero-order valence-electron chi connectivity index (χ0n) is 15.6. The summed E-state index contributed by atoms with van der Waals surface area (Å²) in [6.07, 6.45) is 5.35. The Kier molecular flexibility index (Phi) is 3.85. The van der Waals surface area contributed by atoms with Crippen molar-refractivity contribution in [1.82, 2.24) is 4.90 Å². The molecule has 5 aliphatic rings. The van der Waals surface area contributed by atoms with Gasteiger partial charge in [-0.1, -0.05) is 23.8 Å². The van der Waals surface area contributed by atoms with Crippen molar-refractivity contribution in [3.05, 3.63) is 35.4 Å². The van der Waals surface area contributed by atoms with Crippen LogP contribution >= 0.6 is 11.6 Å². The number of nitrogens with zero attached hydrogens (tertiary/aromatic N) is 1. The molecule has 1 aliphatic heterocycles. The molecule has 4 aliphatic carbocycles. The summed E-state index contributed by atoms with van der Waals surface area (Å²) in [5, 5.41) is 3.20. The third kappa shape index (κ3) is 2.37. The van der Waals surface area contributed by atoms with Gasteiger partial charge >= 0.3 is 0 Å². The van der Waals surface area contributed by atoms with Crippen LogP contribution in [0.5, 0.6) is 5.75 Å². The second-order valence-electron chi connectivity index (χ2n) is 8.21. The first-order valence-electron chi connectivity index (χ1n) is 9.62. The number of methoxy groups -OCH3 is 1. The first-order valence-corrected chi connectivity index (χ1v) is 10.00. The van der Waals surface area contributed by atoms with Crippen LogP contribution in [-0.4, -0.2) is 35.8 Å². The van der Waals surface area contributed by atoms with Crippen LogP contribution in [0.2, 0.25) is 5.02 Å². The molecule has 146 valence electrons. The molecule has 0 unspecified atom stereocenters. The quantitative estimate of drug-likeness (QED) is 0.622. The van der Waals surface area contributed by atoms with E-state index in [4.69, 9.17) is 16.3 Å². The van der Waals surface area contributed by atoms with Crippen molar-refractivity contribution in [3.8, 4) is 5.75 Å². The van der Waals surface area contributed by atoms with Crippen LogP contribution in [0, 0.1) is 35.5 Å². The number of allylic oxidation sites excluding steroid dienone is 2. The molecule has 0 spiro atoms. The standard InChI is InChI=1S/C21H21ClN2O4/c1-9(19(25)23-15-7-10(22)3-6-16(15)28-2)24-20(26)17-11-4-5-12(14-8-13(11)14)18(17)21(24)27/h3-7,9,11-14,17-18H,8H2,1-2H3,(H,23,25)/t9-,11-,12-,13-,14+,17+,18+/m0/s1. The Bertz CT molecular complexity index is 893. The van der Waals surface area contributed by atoms with Crippen LogP contribution in [-0.2, 0) is 14.4 Å². The lowest BCUT2D eigenvalue weighted by Gasteiger charge is -2.37. The maximum atomic E-state index is 13.1. The highest BCUT2D eigenvalue weighted by atomic mass is 35.5. The molecule has 2 saturated carbocycles. The van der Waals surface area contributed by atoms with Crippen LogP contribution in [0.1, 0.15) is 13.3 Å². The minimum atomic E-state index is -0.898. The summed E-state index contributed by atoms with van der Waals surface area (Å²) in [7, 11) is 1.49. The maximum Gasteiger partial charge on any atom is 0.247 e. The van der Waals surface area contributed by atoms with Gasteiger partial charge in [-0.25, -0.2) is 0 Å². The lowest BCUT2D eigenvalue weighted by atomic mass is 9.63. The van der Waals surface area contributed by atoms with Crippen molar-refractivity contribution in [2.24, 2.45) is 35.5 Å². The molecule has 3 fully saturated rings. The van der Waals surface area contributed by atoms with Gasteiger partial charge in [0.25, 0.3) is 0 Å². The number of amides is 3. The first-order chi connectivity index (χ1) is 13.4. The smallest absolute Gasteiger partial charge is 0.247 e. The first kappa shape index (κ1) is 17.7. The summed E-state index contributed by atoms with van der Waals surface area (Å²) in [6.45, 7) is 1.59. The number of ether oxygens (including phenoxy) is 1. The van der Waals surface area contributed by atoms with Gasteiger partial charge in [0.2, 0.25) is 17.7 Å². The molecule has 1 aromatic carbocycles. The SMILES string of the molecule is COc1ccc(Cl)cc1NC(=O)[C@H](C)N1C(=O)[C@@H]2[C@H]3C=C[C@@H]([C@@H]4C[C@H]34)[C@H]2C1=O. The van der Waals surface area contributed by atoms with Crippen LogP contribution in [0.3, 0.4) is 0 Å².